The van der Waals surface area contributed by atoms with E-state index in [4.69, 9.17) is 0 Å². The lowest BCUT2D eigenvalue weighted by atomic mass is 10.0. The van der Waals surface area contributed by atoms with Crippen molar-refractivity contribution in [3.8, 4) is 0 Å². The van der Waals surface area contributed by atoms with Crippen LogP contribution in [0, 0.1) is 17.0 Å². The third kappa shape index (κ3) is 5.60. The Hall–Kier alpha value is -0.530. The number of rotatable bonds is 3. The zero-order chi connectivity index (χ0) is 8.15. The molecule has 0 saturated carbocycles. The van der Waals surface area contributed by atoms with Crippen LogP contribution in [0.15, 0.2) is 0 Å². The van der Waals surface area contributed by atoms with Gasteiger partial charge in [0.2, 0.25) is 0 Å². The van der Waals surface area contributed by atoms with Gasteiger partial charge in [-0.3, -0.25) is 0 Å². The molecular weight excluding hydrogens is 126 g/mol. The fourth-order valence-electron chi connectivity index (χ4n) is 1.16. The Bertz CT molecular complexity index is 114. The maximum Gasteiger partial charge on any atom is 0.153 e. The maximum atomic E-state index is 10.5. The summed E-state index contributed by atoms with van der Waals surface area (Å²) in [6, 6.07) is 0. The van der Waals surface area contributed by atoms with E-state index in [1.54, 1.807) is 6.21 Å². The second kappa shape index (κ2) is 4.31. The highest BCUT2D eigenvalue weighted by Gasteiger charge is 2.03. The summed E-state index contributed by atoms with van der Waals surface area (Å²) in [6.45, 7) is 6.39. The van der Waals surface area contributed by atoms with Crippen molar-refractivity contribution in [1.82, 2.24) is 0 Å². The first-order chi connectivity index (χ1) is 4.52. The molecule has 0 aliphatic carbocycles. The van der Waals surface area contributed by atoms with Crippen molar-refractivity contribution in [2.24, 2.45) is 11.8 Å². The van der Waals surface area contributed by atoms with Gasteiger partial charge in [0, 0.05) is 5.92 Å². The molecule has 0 heterocycles. The van der Waals surface area contributed by atoms with Gasteiger partial charge in [-0.1, -0.05) is 20.8 Å². The van der Waals surface area contributed by atoms with Crippen LogP contribution in [-0.2, 0) is 0 Å². The van der Waals surface area contributed by atoms with E-state index in [0.29, 0.717) is 11.8 Å². The third-order valence-electron chi connectivity index (χ3n) is 1.31. The summed E-state index contributed by atoms with van der Waals surface area (Å²) < 4.78 is 0.882. The summed E-state index contributed by atoms with van der Waals surface area (Å²) in [5.41, 5.74) is 0. The molecule has 0 unspecified atom stereocenters. The monoisotopic (exact) mass is 143 g/mol. The third-order valence-corrected chi connectivity index (χ3v) is 1.31. The molecule has 0 rings (SSSR count). The van der Waals surface area contributed by atoms with Crippen LogP contribution in [0.1, 0.15) is 27.2 Å². The van der Waals surface area contributed by atoms with Crippen molar-refractivity contribution in [2.75, 3.05) is 7.05 Å². The number of nitrogens with zero attached hydrogens (tertiary/aromatic N) is 1. The van der Waals surface area contributed by atoms with Crippen LogP contribution in [0.4, 0.5) is 0 Å². The Balaban J connectivity index is 3.64. The number of hydrogen-bond donors (Lipinski definition) is 0. The molecule has 10 heavy (non-hydrogen) atoms. The molecule has 0 aliphatic heterocycles. The highest BCUT2D eigenvalue weighted by atomic mass is 16.5. The maximum absolute atomic E-state index is 10.5. The van der Waals surface area contributed by atoms with Crippen LogP contribution in [0.5, 0.6) is 0 Å². The minimum atomic E-state index is 0.405. The molecule has 60 valence electrons. The van der Waals surface area contributed by atoms with E-state index >= 15 is 0 Å². The summed E-state index contributed by atoms with van der Waals surface area (Å²) in [5.74, 6) is 1.08. The lowest BCUT2D eigenvalue weighted by Gasteiger charge is -2.07. The Labute approximate surface area is 63.1 Å². The summed E-state index contributed by atoms with van der Waals surface area (Å²) in [4.78, 5) is 0. The fraction of sp³-hybridized carbons (Fsp3) is 0.875. The summed E-state index contributed by atoms with van der Waals surface area (Å²) in [5, 5.41) is 10.5. The predicted octanol–water partition coefficient (Wildman–Crippen LogP) is 1.88. The summed E-state index contributed by atoms with van der Waals surface area (Å²) in [6.07, 6.45) is 2.80. The van der Waals surface area contributed by atoms with Gasteiger partial charge in [0.25, 0.3) is 0 Å². The van der Waals surface area contributed by atoms with E-state index < -0.39 is 0 Å². The first-order valence-corrected chi connectivity index (χ1v) is 3.77. The lowest BCUT2D eigenvalue weighted by Crippen LogP contribution is -2.08. The summed E-state index contributed by atoms with van der Waals surface area (Å²) in [7, 11) is 1.52. The van der Waals surface area contributed by atoms with Crippen LogP contribution in [0.2, 0.25) is 0 Å². The quantitative estimate of drug-likeness (QED) is 0.256. The van der Waals surface area contributed by atoms with Crippen LogP contribution in [-0.4, -0.2) is 18.0 Å². The van der Waals surface area contributed by atoms with E-state index in [1.165, 1.54) is 7.05 Å². The number of hydrogen-bond acceptors (Lipinski definition) is 1. The van der Waals surface area contributed by atoms with Crippen LogP contribution >= 0.6 is 0 Å². The molecule has 0 saturated heterocycles. The molecule has 0 aromatic rings. The normalized spacial score (nSPS) is 15.9. The van der Waals surface area contributed by atoms with Crippen LogP contribution in [0.25, 0.3) is 0 Å². The Morgan fingerprint density at radius 2 is 1.90 bits per heavy atom. The SMILES string of the molecule is CC(C)C[C@H](C)/C=[N+](/C)[O-]. The molecule has 0 amide bonds. The van der Waals surface area contributed by atoms with Gasteiger partial charge in [-0.15, -0.1) is 0 Å². The van der Waals surface area contributed by atoms with E-state index in [1.807, 2.05) is 0 Å². The van der Waals surface area contributed by atoms with E-state index in [9.17, 15) is 5.21 Å². The van der Waals surface area contributed by atoms with E-state index in [2.05, 4.69) is 20.8 Å². The molecule has 0 aliphatic rings. The molecular formula is C8H17NO. The van der Waals surface area contributed by atoms with E-state index in [-0.39, 0.29) is 0 Å². The summed E-state index contributed by atoms with van der Waals surface area (Å²) >= 11 is 0. The van der Waals surface area contributed by atoms with Gasteiger partial charge < -0.3 is 5.21 Å². The van der Waals surface area contributed by atoms with Crippen molar-refractivity contribution >= 4 is 6.21 Å². The molecule has 0 spiro atoms. The fourth-order valence-corrected chi connectivity index (χ4v) is 1.16. The zero-order valence-electron chi connectivity index (χ0n) is 7.29. The van der Waals surface area contributed by atoms with E-state index in [0.717, 1.165) is 11.2 Å². The average Bonchev–Trinajstić information content (AvgIpc) is 1.58. The Morgan fingerprint density at radius 3 is 2.20 bits per heavy atom. The van der Waals surface area contributed by atoms with Gasteiger partial charge in [0.05, 0.1) is 0 Å². The van der Waals surface area contributed by atoms with Gasteiger partial charge in [0.15, 0.2) is 6.21 Å². The largest absolute Gasteiger partial charge is 0.624 e. The average molecular weight is 143 g/mol. The second-order valence-corrected chi connectivity index (χ2v) is 3.30. The highest BCUT2D eigenvalue weighted by Crippen LogP contribution is 2.07. The first kappa shape index (κ1) is 9.47. The Kier molecular flexibility index (Phi) is 4.08. The minimum Gasteiger partial charge on any atom is -0.624 e. The first-order valence-electron chi connectivity index (χ1n) is 3.77. The van der Waals surface area contributed by atoms with Crippen LogP contribution in [0.3, 0.4) is 0 Å². The van der Waals surface area contributed by atoms with Crippen molar-refractivity contribution in [2.45, 2.75) is 27.2 Å². The molecule has 1 atom stereocenters. The highest BCUT2D eigenvalue weighted by molar-refractivity contribution is 5.54. The smallest absolute Gasteiger partial charge is 0.153 e. The van der Waals surface area contributed by atoms with Gasteiger partial charge in [-0.05, 0) is 12.3 Å². The Morgan fingerprint density at radius 1 is 1.40 bits per heavy atom. The second-order valence-electron chi connectivity index (χ2n) is 3.30. The van der Waals surface area contributed by atoms with Gasteiger partial charge in [0.1, 0.15) is 7.05 Å². The molecule has 0 fully saturated rings. The number of hydroxylamine groups is 1. The van der Waals surface area contributed by atoms with Gasteiger partial charge in [-0.25, -0.2) is 4.74 Å². The predicted molar refractivity (Wildman–Crippen MR) is 44.2 cm³/mol. The lowest BCUT2D eigenvalue weighted by molar-refractivity contribution is -0.420. The zero-order valence-corrected chi connectivity index (χ0v) is 7.29. The van der Waals surface area contributed by atoms with Crippen molar-refractivity contribution < 1.29 is 4.74 Å². The molecule has 2 nitrogen and oxygen atoms in total. The van der Waals surface area contributed by atoms with Crippen LogP contribution < -0.4 is 0 Å². The molecule has 0 aromatic heterocycles. The topological polar surface area (TPSA) is 26.1 Å². The van der Waals surface area contributed by atoms with Gasteiger partial charge in [-0.2, -0.15) is 0 Å². The molecule has 2 heteroatoms. The minimum absolute atomic E-state index is 0.405. The van der Waals surface area contributed by atoms with Gasteiger partial charge >= 0.3 is 0 Å². The molecule has 0 bridgehead atoms. The standard InChI is InChI=1S/C8H17NO/c1-7(2)5-8(3)6-9(4)10/h6-8H,5H2,1-4H3/b9-6-/t8-/m0/s1. The molecule has 0 radical (unpaired) electrons. The van der Waals surface area contributed by atoms with Crippen molar-refractivity contribution in [1.29, 1.82) is 0 Å². The molecule has 0 aromatic carbocycles. The van der Waals surface area contributed by atoms with Crippen molar-refractivity contribution in [3.63, 3.8) is 0 Å². The molecule has 0 N–H and O–H groups in total. The van der Waals surface area contributed by atoms with Crippen molar-refractivity contribution in [3.05, 3.63) is 5.21 Å².